The molecule has 1 aliphatic heterocycles. The fourth-order valence-electron chi connectivity index (χ4n) is 9.78. The third-order valence-corrected chi connectivity index (χ3v) is 12.8. The first-order valence-electron chi connectivity index (χ1n) is 14.4. The standard InChI is InChI=1S/C32H44O6/c1-26-10-11-27(2,25(34)35)19-23(26)30(5)15-13-28(3)21-18-32(37-16-17-38-32)24(33)31(6,36-7)20(21)8-9-22(28)29(30,4)14-12-26/h8-9,18,23H,10-17,19H2,1-7H3,(H,34,35)/t23-,26-,27-,28+,29-,30+,31+/m1/s1. The van der Waals surface area contributed by atoms with Crippen molar-refractivity contribution in [2.24, 2.45) is 33.0 Å². The Morgan fingerprint density at radius 3 is 2.21 bits per heavy atom. The second-order valence-electron chi connectivity index (χ2n) is 14.5. The van der Waals surface area contributed by atoms with E-state index >= 15 is 0 Å². The molecule has 0 amide bonds. The monoisotopic (exact) mass is 524 g/mol. The fourth-order valence-corrected chi connectivity index (χ4v) is 9.78. The molecule has 6 nitrogen and oxygen atoms in total. The van der Waals surface area contributed by atoms with Gasteiger partial charge in [0.1, 0.15) is 0 Å². The van der Waals surface area contributed by atoms with E-state index in [1.54, 1.807) is 7.11 Å². The van der Waals surface area contributed by atoms with Crippen LogP contribution in [-0.2, 0) is 23.8 Å². The summed E-state index contributed by atoms with van der Waals surface area (Å²) in [7, 11) is 1.59. The highest BCUT2D eigenvalue weighted by Gasteiger charge is 2.69. The number of ether oxygens (including phenoxy) is 3. The first kappa shape index (κ1) is 26.5. The molecular weight excluding hydrogens is 480 g/mol. The molecule has 0 unspecified atom stereocenters. The molecule has 38 heavy (non-hydrogen) atoms. The summed E-state index contributed by atoms with van der Waals surface area (Å²) in [6.07, 6.45) is 12.9. The Labute approximate surface area is 226 Å². The zero-order valence-electron chi connectivity index (χ0n) is 24.2. The molecule has 6 aliphatic rings. The van der Waals surface area contributed by atoms with Crippen LogP contribution < -0.4 is 0 Å². The predicted molar refractivity (Wildman–Crippen MR) is 143 cm³/mol. The van der Waals surface area contributed by atoms with Gasteiger partial charge in [-0.15, -0.1) is 0 Å². The lowest BCUT2D eigenvalue weighted by Crippen LogP contribution is -2.63. The molecule has 0 aromatic heterocycles. The van der Waals surface area contributed by atoms with Crippen molar-refractivity contribution in [2.45, 2.75) is 97.9 Å². The van der Waals surface area contributed by atoms with E-state index in [1.165, 1.54) is 5.57 Å². The molecule has 5 aliphatic carbocycles. The molecule has 6 rings (SSSR count). The summed E-state index contributed by atoms with van der Waals surface area (Å²) in [5.74, 6) is -1.92. The van der Waals surface area contributed by atoms with Crippen LogP contribution in [0.25, 0.3) is 0 Å². The largest absolute Gasteiger partial charge is 0.481 e. The summed E-state index contributed by atoms with van der Waals surface area (Å²) < 4.78 is 18.0. The van der Waals surface area contributed by atoms with E-state index < -0.39 is 22.8 Å². The number of carbonyl (C=O) groups is 2. The Morgan fingerprint density at radius 2 is 1.58 bits per heavy atom. The molecule has 1 spiro atoms. The van der Waals surface area contributed by atoms with Crippen LogP contribution in [0, 0.1) is 33.0 Å². The van der Waals surface area contributed by atoms with Crippen molar-refractivity contribution in [1.29, 1.82) is 0 Å². The second-order valence-corrected chi connectivity index (χ2v) is 14.5. The van der Waals surface area contributed by atoms with Crippen LogP contribution in [0.4, 0.5) is 0 Å². The van der Waals surface area contributed by atoms with E-state index in [0.29, 0.717) is 19.1 Å². The van der Waals surface area contributed by atoms with Crippen LogP contribution in [0.5, 0.6) is 0 Å². The number of carboxylic acids is 1. The Hall–Kier alpha value is -1.76. The van der Waals surface area contributed by atoms with E-state index in [4.69, 9.17) is 14.2 Å². The van der Waals surface area contributed by atoms with Crippen molar-refractivity contribution in [3.05, 3.63) is 34.9 Å². The summed E-state index contributed by atoms with van der Waals surface area (Å²) in [6, 6.07) is 0. The zero-order chi connectivity index (χ0) is 27.6. The lowest BCUT2D eigenvalue weighted by molar-refractivity contribution is -0.185. The maximum absolute atomic E-state index is 13.7. The van der Waals surface area contributed by atoms with Crippen LogP contribution in [-0.4, -0.2) is 48.6 Å². The Morgan fingerprint density at radius 1 is 0.921 bits per heavy atom. The van der Waals surface area contributed by atoms with E-state index in [-0.39, 0.29) is 27.4 Å². The van der Waals surface area contributed by atoms with Crippen molar-refractivity contribution >= 4 is 11.8 Å². The Bertz CT molecular complexity index is 1210. The molecule has 0 radical (unpaired) electrons. The molecule has 7 atom stereocenters. The van der Waals surface area contributed by atoms with Gasteiger partial charge in [-0.25, -0.2) is 0 Å². The van der Waals surface area contributed by atoms with E-state index in [2.05, 4.69) is 39.8 Å². The van der Waals surface area contributed by atoms with Crippen molar-refractivity contribution in [3.63, 3.8) is 0 Å². The quantitative estimate of drug-likeness (QED) is 0.476. The van der Waals surface area contributed by atoms with Gasteiger partial charge in [0.15, 0.2) is 5.60 Å². The summed E-state index contributed by atoms with van der Waals surface area (Å²) in [5.41, 5.74) is 1.32. The number of ketones is 1. The highest BCUT2D eigenvalue weighted by molar-refractivity contribution is 6.01. The van der Waals surface area contributed by atoms with Gasteiger partial charge < -0.3 is 19.3 Å². The van der Waals surface area contributed by atoms with Crippen LogP contribution in [0.15, 0.2) is 34.9 Å². The Kier molecular flexibility index (Phi) is 5.36. The molecule has 4 fully saturated rings. The van der Waals surface area contributed by atoms with Crippen LogP contribution in [0.1, 0.15) is 86.5 Å². The number of fused-ring (bicyclic) bond motifs is 7. The van der Waals surface area contributed by atoms with E-state index in [1.807, 2.05) is 19.9 Å². The number of aliphatic carboxylic acids is 1. The number of rotatable bonds is 2. The SMILES string of the molecule is CO[C@]1(C)C(=O)C2(C=C3C1=CC=C1[C@@]3(C)CC[C@@]3(C)[C@@H]4C[C@](C)(C(=O)O)CC[C@]4(C)CC[C@]13C)OCCO2. The normalized spacial score (nSPS) is 49.2. The van der Waals surface area contributed by atoms with Crippen LogP contribution in [0.2, 0.25) is 0 Å². The highest BCUT2D eigenvalue weighted by Crippen LogP contribution is 2.75. The van der Waals surface area contributed by atoms with Crippen LogP contribution >= 0.6 is 0 Å². The summed E-state index contributed by atoms with van der Waals surface area (Å²) in [4.78, 5) is 26.1. The first-order valence-corrected chi connectivity index (χ1v) is 14.4. The van der Waals surface area contributed by atoms with Gasteiger partial charge in [-0.2, -0.15) is 0 Å². The number of carboxylic acid groups (broad SMARTS) is 1. The Balaban J connectivity index is 1.50. The first-order chi connectivity index (χ1) is 17.6. The highest BCUT2D eigenvalue weighted by atomic mass is 16.7. The van der Waals surface area contributed by atoms with Gasteiger partial charge in [0.2, 0.25) is 5.78 Å². The van der Waals surface area contributed by atoms with Crippen molar-refractivity contribution < 1.29 is 28.9 Å². The third-order valence-electron chi connectivity index (χ3n) is 12.8. The number of Topliss-reactive ketones (excluding diaryl/α,β-unsaturated/α-hetero) is 1. The molecule has 6 heteroatoms. The topological polar surface area (TPSA) is 82.1 Å². The van der Waals surface area contributed by atoms with Gasteiger partial charge in [-0.3, -0.25) is 9.59 Å². The smallest absolute Gasteiger partial charge is 0.309 e. The van der Waals surface area contributed by atoms with Gasteiger partial charge in [0.25, 0.3) is 5.79 Å². The molecule has 1 heterocycles. The molecular formula is C32H44O6. The third kappa shape index (κ3) is 2.95. The summed E-state index contributed by atoms with van der Waals surface area (Å²) in [5, 5.41) is 10.2. The van der Waals surface area contributed by atoms with Crippen molar-refractivity contribution in [2.75, 3.05) is 20.3 Å². The maximum atomic E-state index is 13.7. The van der Waals surface area contributed by atoms with Gasteiger partial charge in [0, 0.05) is 12.5 Å². The number of hydrogen-bond donors (Lipinski definition) is 1. The number of allylic oxidation sites excluding steroid dienone is 3. The summed E-state index contributed by atoms with van der Waals surface area (Å²) in [6.45, 7) is 14.2. The van der Waals surface area contributed by atoms with Crippen molar-refractivity contribution in [3.8, 4) is 0 Å². The average molecular weight is 525 g/mol. The minimum atomic E-state index is -1.40. The maximum Gasteiger partial charge on any atom is 0.309 e. The van der Waals surface area contributed by atoms with Gasteiger partial charge in [-0.1, -0.05) is 45.4 Å². The zero-order valence-corrected chi connectivity index (χ0v) is 24.2. The predicted octanol–water partition coefficient (Wildman–Crippen LogP) is 6.01. The lowest BCUT2D eigenvalue weighted by atomic mass is 9.34. The number of carbonyl (C=O) groups excluding carboxylic acids is 1. The van der Waals surface area contributed by atoms with Gasteiger partial charge in [-0.05, 0) is 98.2 Å². The molecule has 0 aromatic carbocycles. The lowest BCUT2D eigenvalue weighted by Gasteiger charge is -2.70. The van der Waals surface area contributed by atoms with Gasteiger partial charge in [0.05, 0.1) is 18.6 Å². The second kappa shape index (κ2) is 7.70. The van der Waals surface area contributed by atoms with Gasteiger partial charge >= 0.3 is 5.97 Å². The number of hydrogen-bond acceptors (Lipinski definition) is 5. The van der Waals surface area contributed by atoms with Crippen LogP contribution in [0.3, 0.4) is 0 Å². The summed E-state index contributed by atoms with van der Waals surface area (Å²) >= 11 is 0. The molecule has 0 bridgehead atoms. The van der Waals surface area contributed by atoms with Crippen molar-refractivity contribution in [1.82, 2.24) is 0 Å². The molecule has 0 aromatic rings. The molecule has 208 valence electrons. The molecule has 1 N–H and O–H groups in total. The van der Waals surface area contributed by atoms with E-state index in [9.17, 15) is 14.7 Å². The van der Waals surface area contributed by atoms with E-state index in [0.717, 1.165) is 56.1 Å². The average Bonchev–Trinajstić information content (AvgIpc) is 3.35. The minimum Gasteiger partial charge on any atom is -0.481 e. The number of methoxy groups -OCH3 is 1. The fraction of sp³-hybridized carbons (Fsp3) is 0.750. The molecule has 1 saturated heterocycles. The minimum absolute atomic E-state index is 0.0263. The molecule has 3 saturated carbocycles.